The van der Waals surface area contributed by atoms with Crippen LogP contribution in [-0.2, 0) is 14.6 Å². The van der Waals surface area contributed by atoms with Gasteiger partial charge in [-0.3, -0.25) is 0 Å². The second-order valence-corrected chi connectivity index (χ2v) is 10.0. The minimum Gasteiger partial charge on any atom is -0.444 e. The van der Waals surface area contributed by atoms with E-state index in [4.69, 9.17) is 10.5 Å². The molecule has 0 bridgehead atoms. The number of nitrogens with two attached hydrogens (primary N) is 1. The molecule has 2 aliphatic heterocycles. The number of carbonyl (C=O) groups excluding carboxylic acids is 1. The van der Waals surface area contributed by atoms with E-state index in [0.29, 0.717) is 25.9 Å². The van der Waals surface area contributed by atoms with Crippen molar-refractivity contribution in [2.45, 2.75) is 63.2 Å². The standard InChI is InChI=1S/C15H28N2O5S/c1-13(2,3)22-12(18)17-8-6-15(19,7-9-17)14(16)5-4-10-23(20,21)11-14/h19H,4-11,16H2,1-3H3. The van der Waals surface area contributed by atoms with Gasteiger partial charge in [0.05, 0.1) is 22.6 Å². The quantitative estimate of drug-likeness (QED) is 0.720. The van der Waals surface area contributed by atoms with Crippen LogP contribution < -0.4 is 5.73 Å². The number of hydrogen-bond donors (Lipinski definition) is 2. The lowest BCUT2D eigenvalue weighted by Gasteiger charge is -2.50. The van der Waals surface area contributed by atoms with Gasteiger partial charge in [-0.1, -0.05) is 0 Å². The van der Waals surface area contributed by atoms with Crippen molar-refractivity contribution in [1.82, 2.24) is 4.90 Å². The number of aliphatic hydroxyl groups is 1. The third kappa shape index (κ3) is 4.16. The molecular formula is C15H28N2O5S. The van der Waals surface area contributed by atoms with E-state index in [-0.39, 0.29) is 24.3 Å². The molecular weight excluding hydrogens is 320 g/mol. The lowest BCUT2D eigenvalue weighted by Crippen LogP contribution is -2.68. The topological polar surface area (TPSA) is 110 Å². The van der Waals surface area contributed by atoms with Gasteiger partial charge in [0.15, 0.2) is 9.84 Å². The van der Waals surface area contributed by atoms with Gasteiger partial charge in [-0.05, 0) is 46.5 Å². The minimum atomic E-state index is -3.22. The molecule has 0 saturated carbocycles. The normalized spacial score (nSPS) is 30.7. The number of likely N-dealkylation sites (tertiary alicyclic amines) is 1. The van der Waals surface area contributed by atoms with E-state index in [1.54, 1.807) is 25.7 Å². The summed E-state index contributed by atoms with van der Waals surface area (Å²) in [5, 5.41) is 11.0. The first-order valence-corrected chi connectivity index (χ1v) is 9.88. The SMILES string of the molecule is CC(C)(C)OC(=O)N1CCC(O)(C2(N)CCCS(=O)(=O)C2)CC1. The number of ether oxygens (including phenoxy) is 1. The highest BCUT2D eigenvalue weighted by Gasteiger charge is 2.53. The molecule has 0 aromatic rings. The van der Waals surface area contributed by atoms with Gasteiger partial charge in [-0.15, -0.1) is 0 Å². The first-order valence-electron chi connectivity index (χ1n) is 8.06. The van der Waals surface area contributed by atoms with Crippen molar-refractivity contribution < 1.29 is 23.1 Å². The molecule has 0 aliphatic carbocycles. The Hall–Kier alpha value is -0.860. The predicted molar refractivity (Wildman–Crippen MR) is 86.8 cm³/mol. The summed E-state index contributed by atoms with van der Waals surface area (Å²) >= 11 is 0. The molecule has 8 heteroatoms. The van der Waals surface area contributed by atoms with Gasteiger partial charge >= 0.3 is 6.09 Å². The van der Waals surface area contributed by atoms with Gasteiger partial charge in [0, 0.05) is 13.1 Å². The molecule has 2 saturated heterocycles. The summed E-state index contributed by atoms with van der Waals surface area (Å²) in [5.74, 6) is -0.0605. The van der Waals surface area contributed by atoms with E-state index < -0.39 is 32.7 Å². The summed E-state index contributed by atoms with van der Waals surface area (Å²) in [6.45, 7) is 6.02. The van der Waals surface area contributed by atoms with Crippen LogP contribution in [0, 0.1) is 0 Å². The molecule has 1 unspecified atom stereocenters. The zero-order valence-corrected chi connectivity index (χ0v) is 15.0. The van der Waals surface area contributed by atoms with Gasteiger partial charge < -0.3 is 20.5 Å². The molecule has 1 atom stereocenters. The van der Waals surface area contributed by atoms with E-state index in [0.717, 1.165) is 0 Å². The van der Waals surface area contributed by atoms with Crippen LogP contribution in [0.3, 0.4) is 0 Å². The predicted octanol–water partition coefficient (Wildman–Crippen LogP) is 0.655. The fraction of sp³-hybridized carbons (Fsp3) is 0.933. The van der Waals surface area contributed by atoms with Gasteiger partial charge in [-0.2, -0.15) is 0 Å². The number of carbonyl (C=O) groups is 1. The van der Waals surface area contributed by atoms with Crippen LogP contribution in [0.15, 0.2) is 0 Å². The highest BCUT2D eigenvalue weighted by Crippen LogP contribution is 2.38. The Bertz CT molecular complexity index is 561. The molecule has 7 nitrogen and oxygen atoms in total. The Morgan fingerprint density at radius 3 is 2.26 bits per heavy atom. The average Bonchev–Trinajstić information content (AvgIpc) is 2.35. The Morgan fingerprint density at radius 1 is 1.22 bits per heavy atom. The van der Waals surface area contributed by atoms with Crippen LogP contribution in [0.1, 0.15) is 46.5 Å². The Balaban J connectivity index is 2.03. The monoisotopic (exact) mass is 348 g/mol. The van der Waals surface area contributed by atoms with Crippen molar-refractivity contribution in [3.63, 3.8) is 0 Å². The van der Waals surface area contributed by atoms with Crippen LogP contribution in [0.5, 0.6) is 0 Å². The first kappa shape index (κ1) is 18.5. The Kier molecular flexibility index (Phi) is 4.74. The van der Waals surface area contributed by atoms with E-state index in [9.17, 15) is 18.3 Å². The lowest BCUT2D eigenvalue weighted by atomic mass is 9.72. The number of nitrogens with zero attached hydrogens (tertiary/aromatic N) is 1. The molecule has 2 rings (SSSR count). The largest absolute Gasteiger partial charge is 0.444 e. The molecule has 2 heterocycles. The highest BCUT2D eigenvalue weighted by molar-refractivity contribution is 7.91. The molecule has 134 valence electrons. The summed E-state index contributed by atoms with van der Waals surface area (Å²) < 4.78 is 29.1. The fourth-order valence-electron chi connectivity index (χ4n) is 3.39. The number of hydrogen-bond acceptors (Lipinski definition) is 6. The van der Waals surface area contributed by atoms with E-state index in [1.165, 1.54) is 0 Å². The molecule has 0 spiro atoms. The van der Waals surface area contributed by atoms with Crippen LogP contribution in [0.4, 0.5) is 4.79 Å². The van der Waals surface area contributed by atoms with Crippen LogP contribution in [-0.4, -0.2) is 65.9 Å². The van der Waals surface area contributed by atoms with Gasteiger partial charge in [0.2, 0.25) is 0 Å². The van der Waals surface area contributed by atoms with E-state index >= 15 is 0 Å². The smallest absolute Gasteiger partial charge is 0.410 e. The van der Waals surface area contributed by atoms with Crippen molar-refractivity contribution in [2.75, 3.05) is 24.6 Å². The zero-order chi connectivity index (χ0) is 17.5. The molecule has 3 N–H and O–H groups in total. The maximum atomic E-state index is 12.1. The van der Waals surface area contributed by atoms with E-state index in [1.807, 2.05) is 0 Å². The molecule has 2 fully saturated rings. The molecule has 0 radical (unpaired) electrons. The first-order chi connectivity index (χ1) is 10.4. The van der Waals surface area contributed by atoms with Gasteiger partial charge in [0.1, 0.15) is 5.60 Å². The molecule has 0 aromatic carbocycles. The Labute approximate surface area is 138 Å². The maximum absolute atomic E-state index is 12.1. The summed E-state index contributed by atoms with van der Waals surface area (Å²) in [6, 6.07) is 0. The van der Waals surface area contributed by atoms with Gasteiger partial charge in [-0.25, -0.2) is 13.2 Å². The molecule has 23 heavy (non-hydrogen) atoms. The third-order valence-corrected chi connectivity index (χ3v) is 6.59. The number of sulfone groups is 1. The number of piperidine rings is 1. The summed E-state index contributed by atoms with van der Waals surface area (Å²) in [6.07, 6.45) is 1.06. The van der Waals surface area contributed by atoms with Crippen LogP contribution >= 0.6 is 0 Å². The van der Waals surface area contributed by atoms with Crippen molar-refractivity contribution in [3.05, 3.63) is 0 Å². The summed E-state index contributed by atoms with van der Waals surface area (Å²) in [4.78, 5) is 13.6. The fourth-order valence-corrected chi connectivity index (χ4v) is 5.32. The molecule has 0 aromatic heterocycles. The van der Waals surface area contributed by atoms with Crippen molar-refractivity contribution in [1.29, 1.82) is 0 Å². The van der Waals surface area contributed by atoms with Crippen molar-refractivity contribution in [3.8, 4) is 0 Å². The highest BCUT2D eigenvalue weighted by atomic mass is 32.2. The molecule has 1 amide bonds. The number of amides is 1. The maximum Gasteiger partial charge on any atom is 0.410 e. The Morgan fingerprint density at radius 2 is 1.78 bits per heavy atom. The molecule has 2 aliphatic rings. The minimum absolute atomic E-state index is 0.131. The van der Waals surface area contributed by atoms with Crippen molar-refractivity contribution >= 4 is 15.9 Å². The summed E-state index contributed by atoms with van der Waals surface area (Å²) in [7, 11) is -3.22. The number of rotatable bonds is 1. The third-order valence-electron chi connectivity index (χ3n) is 4.72. The lowest BCUT2D eigenvalue weighted by molar-refractivity contribution is -0.0784. The second-order valence-electron chi connectivity index (χ2n) is 7.85. The van der Waals surface area contributed by atoms with Gasteiger partial charge in [0.25, 0.3) is 0 Å². The zero-order valence-electron chi connectivity index (χ0n) is 14.2. The summed E-state index contributed by atoms with van der Waals surface area (Å²) in [5.41, 5.74) is 3.33. The van der Waals surface area contributed by atoms with E-state index in [2.05, 4.69) is 0 Å². The van der Waals surface area contributed by atoms with Crippen LogP contribution in [0.2, 0.25) is 0 Å². The second kappa shape index (κ2) is 5.89. The average molecular weight is 348 g/mol. The van der Waals surface area contributed by atoms with Crippen LogP contribution in [0.25, 0.3) is 0 Å². The van der Waals surface area contributed by atoms with Crippen molar-refractivity contribution in [2.24, 2.45) is 5.73 Å².